The van der Waals surface area contributed by atoms with Crippen molar-refractivity contribution >= 4 is 5.78 Å². The summed E-state index contributed by atoms with van der Waals surface area (Å²) < 4.78 is 18.0. The second-order valence-corrected chi connectivity index (χ2v) is 2.84. The molecule has 0 aliphatic carbocycles. The van der Waals surface area contributed by atoms with Crippen LogP contribution < -0.4 is 4.74 Å². The highest BCUT2D eigenvalue weighted by Gasteiger charge is 2.05. The van der Waals surface area contributed by atoms with Crippen LogP contribution in [0.25, 0.3) is 0 Å². The average molecular weight is 182 g/mol. The first-order chi connectivity index (χ1) is 6.13. The topological polar surface area (TPSA) is 26.3 Å². The molecular formula is C10H11FO2. The van der Waals surface area contributed by atoms with Gasteiger partial charge in [0.1, 0.15) is 17.3 Å². The summed E-state index contributed by atoms with van der Waals surface area (Å²) in [6, 6.07) is 4.48. The molecule has 0 atom stereocenters. The van der Waals surface area contributed by atoms with Gasteiger partial charge in [-0.15, -0.1) is 0 Å². The number of carbonyl (C=O) groups is 1. The lowest BCUT2D eigenvalue weighted by atomic mass is 10.1. The van der Waals surface area contributed by atoms with E-state index in [1.54, 1.807) is 12.1 Å². The number of ketones is 1. The second-order valence-electron chi connectivity index (χ2n) is 2.84. The lowest BCUT2D eigenvalue weighted by molar-refractivity contribution is -0.116. The molecule has 1 aromatic carbocycles. The molecule has 70 valence electrons. The molecule has 3 heteroatoms. The Morgan fingerprint density at radius 1 is 1.54 bits per heavy atom. The highest BCUT2D eigenvalue weighted by molar-refractivity contribution is 5.78. The van der Waals surface area contributed by atoms with Crippen molar-refractivity contribution in [3.63, 3.8) is 0 Å². The fourth-order valence-corrected chi connectivity index (χ4v) is 1.07. The summed E-state index contributed by atoms with van der Waals surface area (Å²) in [4.78, 5) is 10.7. The Morgan fingerprint density at radius 3 is 2.69 bits per heavy atom. The third kappa shape index (κ3) is 2.54. The number of rotatable bonds is 3. The minimum Gasteiger partial charge on any atom is -0.497 e. The zero-order valence-corrected chi connectivity index (χ0v) is 7.63. The number of ether oxygens (including phenoxy) is 1. The van der Waals surface area contributed by atoms with Crippen molar-refractivity contribution in [2.75, 3.05) is 7.11 Å². The zero-order chi connectivity index (χ0) is 9.84. The molecule has 0 unspecified atom stereocenters. The number of hydrogen-bond donors (Lipinski definition) is 0. The number of methoxy groups -OCH3 is 1. The van der Waals surface area contributed by atoms with Crippen LogP contribution in [0.4, 0.5) is 4.39 Å². The molecule has 0 amide bonds. The molecule has 13 heavy (non-hydrogen) atoms. The van der Waals surface area contributed by atoms with Crippen LogP contribution in [0.15, 0.2) is 18.2 Å². The normalized spacial score (nSPS) is 9.77. The smallest absolute Gasteiger partial charge is 0.134 e. The second kappa shape index (κ2) is 4.03. The van der Waals surface area contributed by atoms with E-state index in [1.165, 1.54) is 20.1 Å². The predicted molar refractivity (Wildman–Crippen MR) is 47.3 cm³/mol. The van der Waals surface area contributed by atoms with Gasteiger partial charge in [-0.25, -0.2) is 4.39 Å². The van der Waals surface area contributed by atoms with Gasteiger partial charge in [0.2, 0.25) is 0 Å². The quantitative estimate of drug-likeness (QED) is 0.714. The van der Waals surface area contributed by atoms with E-state index in [2.05, 4.69) is 0 Å². The molecule has 0 heterocycles. The van der Waals surface area contributed by atoms with Crippen LogP contribution in [0.1, 0.15) is 12.5 Å². The van der Waals surface area contributed by atoms with Gasteiger partial charge in [0.15, 0.2) is 0 Å². The minimum atomic E-state index is -0.394. The first-order valence-electron chi connectivity index (χ1n) is 3.95. The van der Waals surface area contributed by atoms with Crippen LogP contribution in [0.3, 0.4) is 0 Å². The van der Waals surface area contributed by atoms with Crippen molar-refractivity contribution in [3.8, 4) is 5.75 Å². The Balaban J connectivity index is 2.91. The van der Waals surface area contributed by atoms with Gasteiger partial charge in [0.05, 0.1) is 7.11 Å². The van der Waals surface area contributed by atoms with Gasteiger partial charge >= 0.3 is 0 Å². The van der Waals surface area contributed by atoms with Crippen molar-refractivity contribution in [1.29, 1.82) is 0 Å². The predicted octanol–water partition coefficient (Wildman–Crippen LogP) is 1.97. The first kappa shape index (κ1) is 9.71. The molecule has 0 aliphatic rings. The van der Waals surface area contributed by atoms with E-state index in [-0.39, 0.29) is 12.2 Å². The lowest BCUT2D eigenvalue weighted by Gasteiger charge is -2.03. The van der Waals surface area contributed by atoms with E-state index in [1.807, 2.05) is 0 Å². The van der Waals surface area contributed by atoms with E-state index in [0.717, 1.165) is 0 Å². The molecule has 0 aromatic heterocycles. The largest absolute Gasteiger partial charge is 0.497 e. The summed E-state index contributed by atoms with van der Waals surface area (Å²) in [5.41, 5.74) is 0.410. The molecule has 0 saturated heterocycles. The molecule has 0 bridgehead atoms. The van der Waals surface area contributed by atoms with Crippen LogP contribution in [0, 0.1) is 5.82 Å². The summed E-state index contributed by atoms with van der Waals surface area (Å²) in [5.74, 6) is 0.0171. The lowest BCUT2D eigenvalue weighted by Crippen LogP contribution is -1.99. The molecule has 1 rings (SSSR count). The molecule has 0 fully saturated rings. The zero-order valence-electron chi connectivity index (χ0n) is 7.63. The molecule has 2 nitrogen and oxygen atoms in total. The third-order valence-electron chi connectivity index (χ3n) is 1.70. The van der Waals surface area contributed by atoms with Crippen LogP contribution in [-0.4, -0.2) is 12.9 Å². The van der Waals surface area contributed by atoms with Gasteiger partial charge < -0.3 is 4.74 Å². The van der Waals surface area contributed by atoms with Crippen LogP contribution >= 0.6 is 0 Å². The number of Topliss-reactive ketones (excluding diaryl/α,β-unsaturated/α-hetero) is 1. The Morgan fingerprint density at radius 2 is 2.23 bits per heavy atom. The molecule has 1 aromatic rings. The summed E-state index contributed by atoms with van der Waals surface area (Å²) >= 11 is 0. The van der Waals surface area contributed by atoms with Crippen molar-refractivity contribution < 1.29 is 13.9 Å². The van der Waals surface area contributed by atoms with E-state index in [9.17, 15) is 9.18 Å². The number of benzene rings is 1. The van der Waals surface area contributed by atoms with E-state index < -0.39 is 5.82 Å². The Hall–Kier alpha value is -1.38. The molecule has 0 radical (unpaired) electrons. The van der Waals surface area contributed by atoms with Gasteiger partial charge in [-0.05, 0) is 18.6 Å². The Labute approximate surface area is 76.3 Å². The van der Waals surface area contributed by atoms with E-state index >= 15 is 0 Å². The Bertz CT molecular complexity index is 321. The van der Waals surface area contributed by atoms with E-state index in [4.69, 9.17) is 4.74 Å². The van der Waals surface area contributed by atoms with Gasteiger partial charge in [-0.1, -0.05) is 6.07 Å². The molecule has 0 spiro atoms. The fourth-order valence-electron chi connectivity index (χ4n) is 1.07. The standard InChI is InChI=1S/C10H11FO2/c1-7(12)5-8-3-4-9(13-2)6-10(8)11/h3-4,6H,5H2,1-2H3. The summed E-state index contributed by atoms with van der Waals surface area (Å²) in [5, 5.41) is 0. The fraction of sp³-hybridized carbons (Fsp3) is 0.300. The highest BCUT2D eigenvalue weighted by Crippen LogP contribution is 2.16. The van der Waals surface area contributed by atoms with Crippen LogP contribution in [0.5, 0.6) is 5.75 Å². The number of carbonyl (C=O) groups excluding carboxylic acids is 1. The van der Waals surface area contributed by atoms with Crippen molar-refractivity contribution in [1.82, 2.24) is 0 Å². The molecular weight excluding hydrogens is 171 g/mol. The minimum absolute atomic E-state index is 0.0518. The monoisotopic (exact) mass is 182 g/mol. The van der Waals surface area contributed by atoms with Crippen molar-refractivity contribution in [3.05, 3.63) is 29.6 Å². The van der Waals surface area contributed by atoms with Crippen LogP contribution in [-0.2, 0) is 11.2 Å². The Kier molecular flexibility index (Phi) is 3.01. The van der Waals surface area contributed by atoms with E-state index in [0.29, 0.717) is 11.3 Å². The maximum atomic E-state index is 13.2. The molecule has 0 saturated carbocycles. The first-order valence-corrected chi connectivity index (χ1v) is 3.95. The van der Waals surface area contributed by atoms with Crippen LogP contribution in [0.2, 0.25) is 0 Å². The summed E-state index contributed by atoms with van der Waals surface area (Å²) in [6.45, 7) is 1.43. The van der Waals surface area contributed by atoms with Gasteiger partial charge in [0.25, 0.3) is 0 Å². The van der Waals surface area contributed by atoms with Gasteiger partial charge in [-0.2, -0.15) is 0 Å². The maximum absolute atomic E-state index is 13.2. The van der Waals surface area contributed by atoms with Crippen molar-refractivity contribution in [2.24, 2.45) is 0 Å². The average Bonchev–Trinajstić information content (AvgIpc) is 2.08. The summed E-state index contributed by atoms with van der Waals surface area (Å²) in [6.07, 6.45) is 0.135. The molecule has 0 aliphatic heterocycles. The third-order valence-corrected chi connectivity index (χ3v) is 1.70. The highest BCUT2D eigenvalue weighted by atomic mass is 19.1. The SMILES string of the molecule is COc1ccc(CC(C)=O)c(F)c1. The number of hydrogen-bond acceptors (Lipinski definition) is 2. The number of halogens is 1. The van der Waals surface area contributed by atoms with Gasteiger partial charge in [-0.3, -0.25) is 4.79 Å². The summed E-state index contributed by atoms with van der Waals surface area (Å²) in [7, 11) is 1.47. The van der Waals surface area contributed by atoms with Gasteiger partial charge in [0, 0.05) is 12.5 Å². The molecule has 0 N–H and O–H groups in total. The van der Waals surface area contributed by atoms with Crippen molar-refractivity contribution in [2.45, 2.75) is 13.3 Å². The maximum Gasteiger partial charge on any atom is 0.134 e.